The molecule has 1 aromatic rings. The van der Waals surface area contributed by atoms with Crippen LogP contribution < -0.4 is 16.4 Å². The molecule has 1 aliphatic carbocycles. The summed E-state index contributed by atoms with van der Waals surface area (Å²) in [4.78, 5) is 56.4. The summed E-state index contributed by atoms with van der Waals surface area (Å²) in [6.07, 6.45) is 3.43. The molecular formula is C35H57N5O7. The van der Waals surface area contributed by atoms with Crippen LogP contribution >= 0.6 is 0 Å². The highest BCUT2D eigenvalue weighted by Crippen LogP contribution is 2.34. The number of amides is 4. The van der Waals surface area contributed by atoms with Crippen molar-refractivity contribution in [3.63, 3.8) is 0 Å². The second-order valence-electron chi connectivity index (χ2n) is 13.9. The van der Waals surface area contributed by atoms with E-state index in [9.17, 15) is 24.3 Å². The summed E-state index contributed by atoms with van der Waals surface area (Å²) in [6, 6.07) is 7.97. The SMILES string of the molecule is COC(CC(=O)N1CCCC1C(OC)C(C)C(=O)NC(C)C(O)c1ccccc1)C(C1CCCC1)N(C)C(=O)CNC(=O)C(C)(C)N. The van der Waals surface area contributed by atoms with Crippen molar-refractivity contribution < 1.29 is 33.8 Å². The fraction of sp³-hybridized carbons (Fsp3) is 0.714. The van der Waals surface area contributed by atoms with Gasteiger partial charge >= 0.3 is 0 Å². The van der Waals surface area contributed by atoms with Crippen LogP contribution in [0.3, 0.4) is 0 Å². The summed E-state index contributed by atoms with van der Waals surface area (Å²) in [7, 11) is 4.82. The quantitative estimate of drug-likeness (QED) is 0.210. The highest BCUT2D eigenvalue weighted by molar-refractivity contribution is 5.89. The molecule has 1 heterocycles. The molecule has 2 fully saturated rings. The van der Waals surface area contributed by atoms with Gasteiger partial charge in [-0.25, -0.2) is 0 Å². The van der Waals surface area contributed by atoms with E-state index >= 15 is 0 Å². The largest absolute Gasteiger partial charge is 0.386 e. The Morgan fingerprint density at radius 3 is 2.26 bits per heavy atom. The van der Waals surface area contributed by atoms with Crippen LogP contribution in [0.25, 0.3) is 0 Å². The molecule has 4 amide bonds. The average molecular weight is 660 g/mol. The number of nitrogens with zero attached hydrogens (tertiary/aromatic N) is 2. The van der Waals surface area contributed by atoms with E-state index < -0.39 is 41.7 Å². The lowest BCUT2D eigenvalue weighted by Crippen LogP contribution is -2.56. The zero-order valence-electron chi connectivity index (χ0n) is 29.2. The lowest BCUT2D eigenvalue weighted by molar-refractivity contribution is -0.146. The van der Waals surface area contributed by atoms with Gasteiger partial charge in [-0.15, -0.1) is 0 Å². The smallest absolute Gasteiger partial charge is 0.242 e. The normalized spacial score (nSPS) is 21.0. The molecule has 2 aliphatic rings. The number of ether oxygens (including phenoxy) is 2. The molecule has 0 aromatic heterocycles. The van der Waals surface area contributed by atoms with Gasteiger partial charge in [0.25, 0.3) is 0 Å². The molecule has 0 spiro atoms. The van der Waals surface area contributed by atoms with Crippen molar-refractivity contribution in [1.82, 2.24) is 20.4 Å². The fourth-order valence-electron chi connectivity index (χ4n) is 7.14. The monoisotopic (exact) mass is 659 g/mol. The third kappa shape index (κ3) is 9.98. The molecule has 12 nitrogen and oxygen atoms in total. The number of rotatable bonds is 16. The Bertz CT molecular complexity index is 1190. The lowest BCUT2D eigenvalue weighted by atomic mass is 9.89. The molecule has 0 bridgehead atoms. The summed E-state index contributed by atoms with van der Waals surface area (Å²) in [5.41, 5.74) is 5.48. The second kappa shape index (κ2) is 17.4. The highest BCUT2D eigenvalue weighted by atomic mass is 16.5. The van der Waals surface area contributed by atoms with E-state index in [-0.39, 0.29) is 48.7 Å². The molecule has 1 aliphatic heterocycles. The molecule has 0 radical (unpaired) electrons. The third-order valence-electron chi connectivity index (χ3n) is 9.93. The molecule has 264 valence electrons. The number of hydrogen-bond acceptors (Lipinski definition) is 8. The molecule has 7 unspecified atom stereocenters. The number of aliphatic hydroxyl groups is 1. The van der Waals surface area contributed by atoms with Gasteiger partial charge in [-0.2, -0.15) is 0 Å². The van der Waals surface area contributed by atoms with Gasteiger partial charge in [0.2, 0.25) is 23.6 Å². The summed E-state index contributed by atoms with van der Waals surface area (Å²) in [5.74, 6) is -1.53. The zero-order valence-corrected chi connectivity index (χ0v) is 29.2. The Morgan fingerprint density at radius 1 is 1.04 bits per heavy atom. The van der Waals surface area contributed by atoms with Crippen LogP contribution in [0.15, 0.2) is 30.3 Å². The van der Waals surface area contributed by atoms with Gasteiger partial charge in [-0.1, -0.05) is 50.1 Å². The Balaban J connectivity index is 1.70. The number of likely N-dealkylation sites (tertiary alicyclic amines) is 1. The Labute approximate surface area is 280 Å². The molecule has 7 atom stereocenters. The first-order chi connectivity index (χ1) is 22.2. The van der Waals surface area contributed by atoms with Crippen molar-refractivity contribution in [2.24, 2.45) is 17.6 Å². The van der Waals surface area contributed by atoms with Gasteiger partial charge in [0.15, 0.2) is 0 Å². The van der Waals surface area contributed by atoms with Crippen molar-refractivity contribution in [1.29, 1.82) is 0 Å². The maximum Gasteiger partial charge on any atom is 0.242 e. The molecule has 1 saturated heterocycles. The maximum absolute atomic E-state index is 14.0. The number of likely N-dealkylation sites (N-methyl/N-ethyl adjacent to an activating group) is 1. The van der Waals surface area contributed by atoms with Gasteiger partial charge in [-0.3, -0.25) is 19.2 Å². The molecule has 12 heteroatoms. The summed E-state index contributed by atoms with van der Waals surface area (Å²) in [5, 5.41) is 16.3. The number of hydrogen-bond donors (Lipinski definition) is 4. The van der Waals surface area contributed by atoms with E-state index in [1.54, 1.807) is 58.8 Å². The van der Waals surface area contributed by atoms with Crippen molar-refractivity contribution in [2.45, 2.75) is 115 Å². The summed E-state index contributed by atoms with van der Waals surface area (Å²) < 4.78 is 11.8. The van der Waals surface area contributed by atoms with E-state index in [1.807, 2.05) is 30.3 Å². The minimum atomic E-state index is -1.11. The van der Waals surface area contributed by atoms with Crippen LogP contribution in [-0.2, 0) is 28.7 Å². The van der Waals surface area contributed by atoms with Crippen molar-refractivity contribution >= 4 is 23.6 Å². The molecular weight excluding hydrogens is 602 g/mol. The van der Waals surface area contributed by atoms with Gasteiger partial charge in [-0.05, 0) is 57.9 Å². The number of carbonyl (C=O) groups is 4. The Kier molecular flexibility index (Phi) is 14.2. The molecule has 3 rings (SSSR count). The number of methoxy groups -OCH3 is 2. The molecule has 1 aromatic carbocycles. The van der Waals surface area contributed by atoms with Crippen LogP contribution in [0.4, 0.5) is 0 Å². The molecule has 47 heavy (non-hydrogen) atoms. The zero-order chi connectivity index (χ0) is 34.9. The van der Waals surface area contributed by atoms with Crippen LogP contribution in [0.5, 0.6) is 0 Å². The van der Waals surface area contributed by atoms with Crippen LogP contribution in [-0.4, -0.2) is 109 Å². The Morgan fingerprint density at radius 2 is 1.68 bits per heavy atom. The van der Waals surface area contributed by atoms with E-state index in [1.165, 1.54) is 0 Å². The van der Waals surface area contributed by atoms with Gasteiger partial charge in [0, 0.05) is 27.8 Å². The minimum Gasteiger partial charge on any atom is -0.386 e. The minimum absolute atomic E-state index is 0.0608. The van der Waals surface area contributed by atoms with E-state index in [0.717, 1.165) is 32.1 Å². The Hall–Kier alpha value is -3.06. The topological polar surface area (TPSA) is 164 Å². The molecule has 5 N–H and O–H groups in total. The number of nitrogens with two attached hydrogens (primary N) is 1. The van der Waals surface area contributed by atoms with Gasteiger partial charge in [0.1, 0.15) is 0 Å². The van der Waals surface area contributed by atoms with Crippen molar-refractivity contribution in [3.8, 4) is 0 Å². The number of benzene rings is 1. The highest BCUT2D eigenvalue weighted by Gasteiger charge is 2.43. The third-order valence-corrected chi connectivity index (χ3v) is 9.93. The predicted octanol–water partition coefficient (Wildman–Crippen LogP) is 2.14. The number of aliphatic hydroxyl groups excluding tert-OH is 1. The summed E-state index contributed by atoms with van der Waals surface area (Å²) >= 11 is 0. The van der Waals surface area contributed by atoms with Gasteiger partial charge in [0.05, 0.1) is 60.9 Å². The molecule has 1 saturated carbocycles. The first kappa shape index (κ1) is 38.4. The maximum atomic E-state index is 14.0. The van der Waals surface area contributed by atoms with E-state index in [0.29, 0.717) is 18.5 Å². The standard InChI is InChI=1S/C35H57N5O7/c1-22(33(44)38-23(2)31(43)25-16-9-8-10-17-25)32(47-7)26-18-13-19-40(26)28(41)20-27(46-6)30(24-14-11-12-15-24)39(5)29(42)21-37-34(45)35(3,4)36/h8-10,16-17,22-24,26-27,30-32,43H,11-15,18-21,36H2,1-7H3,(H,37,45)(H,38,44). The van der Waals surface area contributed by atoms with Crippen molar-refractivity contribution in [2.75, 3.05) is 34.4 Å². The fourth-order valence-corrected chi connectivity index (χ4v) is 7.14. The van der Waals surface area contributed by atoms with Crippen LogP contribution in [0.2, 0.25) is 0 Å². The predicted molar refractivity (Wildman–Crippen MR) is 179 cm³/mol. The average Bonchev–Trinajstić information content (AvgIpc) is 3.76. The van der Waals surface area contributed by atoms with Crippen molar-refractivity contribution in [3.05, 3.63) is 35.9 Å². The first-order valence-corrected chi connectivity index (χ1v) is 16.9. The first-order valence-electron chi connectivity index (χ1n) is 16.9. The van der Waals surface area contributed by atoms with Crippen LogP contribution in [0.1, 0.15) is 84.3 Å². The van der Waals surface area contributed by atoms with E-state index in [4.69, 9.17) is 15.2 Å². The second-order valence-corrected chi connectivity index (χ2v) is 13.9. The van der Waals surface area contributed by atoms with Crippen LogP contribution in [0, 0.1) is 11.8 Å². The number of nitrogens with one attached hydrogen (secondary N) is 2. The van der Waals surface area contributed by atoms with Gasteiger partial charge < -0.3 is 40.7 Å². The lowest BCUT2D eigenvalue weighted by Gasteiger charge is -2.39. The summed E-state index contributed by atoms with van der Waals surface area (Å²) in [6.45, 7) is 7.03. The number of carbonyl (C=O) groups excluding carboxylic acids is 4. The van der Waals surface area contributed by atoms with E-state index in [2.05, 4.69) is 10.6 Å².